The van der Waals surface area contributed by atoms with E-state index in [0.717, 1.165) is 49.0 Å². The fourth-order valence-electron chi connectivity index (χ4n) is 4.44. The molecule has 0 radical (unpaired) electrons. The minimum atomic E-state index is -0.0162. The predicted molar refractivity (Wildman–Crippen MR) is 119 cm³/mol. The number of aromatic nitrogens is 3. The number of nitrogens with zero attached hydrogens (tertiary/aromatic N) is 4. The number of nitrogens with one attached hydrogen (secondary N) is 1. The fraction of sp³-hybridized carbons (Fsp3) is 0.348. The molecule has 0 bridgehead atoms. The first kappa shape index (κ1) is 19.2. The lowest BCUT2D eigenvalue weighted by Crippen LogP contribution is -2.36. The van der Waals surface area contributed by atoms with Crippen LogP contribution in [-0.2, 0) is 11.3 Å². The Morgan fingerprint density at radius 2 is 1.93 bits per heavy atom. The molecule has 0 aromatic carbocycles. The number of thiocarbonyl (C=S) groups is 1. The van der Waals surface area contributed by atoms with E-state index in [1.165, 1.54) is 5.69 Å². The van der Waals surface area contributed by atoms with Crippen molar-refractivity contribution in [2.45, 2.75) is 37.6 Å². The molecule has 2 saturated heterocycles. The van der Waals surface area contributed by atoms with E-state index in [4.69, 9.17) is 17.0 Å². The molecule has 2 aliphatic rings. The summed E-state index contributed by atoms with van der Waals surface area (Å²) in [5.41, 5.74) is 3.22. The molecule has 0 spiro atoms. The average molecular weight is 420 g/mol. The monoisotopic (exact) mass is 419 g/mol. The SMILES string of the molecule is S=C1N[C@H](c2ccccn2)[C@H](c2cccn2Cc2ccccn2)N1C[C@H]1CCCO1. The van der Waals surface area contributed by atoms with Crippen LogP contribution in [-0.4, -0.2) is 43.8 Å². The number of pyridine rings is 2. The second-order valence-electron chi connectivity index (χ2n) is 7.80. The highest BCUT2D eigenvalue weighted by atomic mass is 32.1. The quantitative estimate of drug-likeness (QED) is 0.618. The highest BCUT2D eigenvalue weighted by Crippen LogP contribution is 2.39. The molecule has 30 heavy (non-hydrogen) atoms. The van der Waals surface area contributed by atoms with Crippen molar-refractivity contribution in [2.75, 3.05) is 13.2 Å². The molecular formula is C23H25N5OS. The van der Waals surface area contributed by atoms with E-state index in [0.29, 0.717) is 0 Å². The summed E-state index contributed by atoms with van der Waals surface area (Å²) in [6.45, 7) is 2.34. The molecule has 5 heterocycles. The second kappa shape index (κ2) is 8.53. The summed E-state index contributed by atoms with van der Waals surface area (Å²) in [5.74, 6) is 0. The highest BCUT2D eigenvalue weighted by Gasteiger charge is 2.42. The van der Waals surface area contributed by atoms with E-state index in [1.54, 1.807) is 0 Å². The summed E-state index contributed by atoms with van der Waals surface area (Å²) in [6, 6.07) is 16.4. The maximum atomic E-state index is 5.93. The third-order valence-electron chi connectivity index (χ3n) is 5.85. The Kier molecular flexibility index (Phi) is 5.46. The van der Waals surface area contributed by atoms with Crippen molar-refractivity contribution in [1.82, 2.24) is 24.8 Å². The van der Waals surface area contributed by atoms with Crippen molar-refractivity contribution < 1.29 is 4.74 Å². The van der Waals surface area contributed by atoms with Crippen LogP contribution in [0.3, 0.4) is 0 Å². The van der Waals surface area contributed by atoms with Crippen molar-refractivity contribution in [3.63, 3.8) is 0 Å². The van der Waals surface area contributed by atoms with Crippen LogP contribution in [0.15, 0.2) is 67.1 Å². The Morgan fingerprint density at radius 3 is 2.67 bits per heavy atom. The molecule has 0 saturated carbocycles. The van der Waals surface area contributed by atoms with Crippen molar-refractivity contribution in [1.29, 1.82) is 0 Å². The molecule has 3 aromatic heterocycles. The Bertz CT molecular complexity index is 987. The van der Waals surface area contributed by atoms with E-state index < -0.39 is 0 Å². The summed E-state index contributed by atoms with van der Waals surface area (Å²) >= 11 is 5.79. The molecule has 2 aliphatic heterocycles. The normalized spacial score (nSPS) is 23.7. The van der Waals surface area contributed by atoms with Crippen molar-refractivity contribution in [3.8, 4) is 0 Å². The topological polar surface area (TPSA) is 55.2 Å². The van der Waals surface area contributed by atoms with Gasteiger partial charge in [-0.05, 0) is 61.5 Å². The zero-order chi connectivity index (χ0) is 20.3. The molecule has 1 N–H and O–H groups in total. The summed E-state index contributed by atoms with van der Waals surface area (Å²) in [4.78, 5) is 11.4. The van der Waals surface area contributed by atoms with Crippen LogP contribution in [0.5, 0.6) is 0 Å². The van der Waals surface area contributed by atoms with E-state index in [9.17, 15) is 0 Å². The lowest BCUT2D eigenvalue weighted by Gasteiger charge is -2.30. The van der Waals surface area contributed by atoms with Gasteiger partial charge in [0, 0.05) is 37.4 Å². The first-order valence-electron chi connectivity index (χ1n) is 10.4. The lowest BCUT2D eigenvalue weighted by molar-refractivity contribution is 0.0834. The van der Waals surface area contributed by atoms with Gasteiger partial charge in [0.05, 0.1) is 36.1 Å². The van der Waals surface area contributed by atoms with Gasteiger partial charge < -0.3 is 19.5 Å². The van der Waals surface area contributed by atoms with Crippen LogP contribution in [0.25, 0.3) is 0 Å². The predicted octanol–water partition coefficient (Wildman–Crippen LogP) is 3.48. The molecule has 6 nitrogen and oxygen atoms in total. The van der Waals surface area contributed by atoms with Gasteiger partial charge in [0.15, 0.2) is 5.11 Å². The van der Waals surface area contributed by atoms with E-state index in [1.807, 2.05) is 36.7 Å². The summed E-state index contributed by atoms with van der Waals surface area (Å²) in [6.07, 6.45) is 8.20. The van der Waals surface area contributed by atoms with Gasteiger partial charge in [0.2, 0.25) is 0 Å². The standard InChI is InChI=1S/C23H25N5OS/c30-23-26-21(19-9-2-4-12-25-19)22(28(23)16-18-8-6-14-29-18)20-10-5-13-27(20)15-17-7-1-3-11-24-17/h1-5,7,9-13,18,21-22H,6,8,14-16H2,(H,26,30)/t18-,21-,22+/m1/s1. The smallest absolute Gasteiger partial charge is 0.170 e. The average Bonchev–Trinajstić information content (AvgIpc) is 3.52. The van der Waals surface area contributed by atoms with Gasteiger partial charge in [-0.3, -0.25) is 9.97 Å². The van der Waals surface area contributed by atoms with Crippen LogP contribution >= 0.6 is 12.2 Å². The van der Waals surface area contributed by atoms with Gasteiger partial charge in [-0.2, -0.15) is 0 Å². The Labute approximate surface area is 181 Å². The van der Waals surface area contributed by atoms with Gasteiger partial charge >= 0.3 is 0 Å². The highest BCUT2D eigenvalue weighted by molar-refractivity contribution is 7.80. The zero-order valence-electron chi connectivity index (χ0n) is 16.7. The largest absolute Gasteiger partial charge is 0.376 e. The molecular weight excluding hydrogens is 394 g/mol. The van der Waals surface area contributed by atoms with Gasteiger partial charge in [0.25, 0.3) is 0 Å². The maximum Gasteiger partial charge on any atom is 0.170 e. The van der Waals surface area contributed by atoms with Crippen molar-refractivity contribution >= 4 is 17.3 Å². The molecule has 3 atom stereocenters. The van der Waals surface area contributed by atoms with Gasteiger partial charge in [-0.1, -0.05) is 12.1 Å². The summed E-state index contributed by atoms with van der Waals surface area (Å²) in [5, 5.41) is 4.29. The van der Waals surface area contributed by atoms with Crippen LogP contribution in [0, 0.1) is 0 Å². The van der Waals surface area contributed by atoms with E-state index in [-0.39, 0.29) is 18.2 Å². The number of ether oxygens (including phenoxy) is 1. The van der Waals surface area contributed by atoms with Gasteiger partial charge in [-0.25, -0.2) is 0 Å². The van der Waals surface area contributed by atoms with Crippen molar-refractivity contribution in [3.05, 3.63) is 84.2 Å². The lowest BCUT2D eigenvalue weighted by atomic mass is 10.0. The third-order valence-corrected chi connectivity index (χ3v) is 6.20. The molecule has 154 valence electrons. The van der Waals surface area contributed by atoms with Crippen LogP contribution < -0.4 is 5.32 Å². The molecule has 2 fully saturated rings. The first-order chi connectivity index (χ1) is 14.8. The number of rotatable bonds is 6. The Balaban J connectivity index is 1.51. The van der Waals surface area contributed by atoms with Gasteiger partial charge in [-0.15, -0.1) is 0 Å². The Hall–Kier alpha value is -2.77. The molecule has 0 aliphatic carbocycles. The summed E-state index contributed by atoms with van der Waals surface area (Å²) in [7, 11) is 0. The minimum absolute atomic E-state index is 0.0162. The number of hydrogen-bond donors (Lipinski definition) is 1. The molecule has 0 unspecified atom stereocenters. The summed E-state index contributed by atoms with van der Waals surface area (Å²) < 4.78 is 8.20. The maximum absolute atomic E-state index is 5.93. The van der Waals surface area contributed by atoms with Crippen LogP contribution in [0.2, 0.25) is 0 Å². The third kappa shape index (κ3) is 3.82. The molecule has 3 aromatic rings. The molecule has 7 heteroatoms. The first-order valence-corrected chi connectivity index (χ1v) is 10.8. The molecule has 0 amide bonds. The van der Waals surface area contributed by atoms with Crippen LogP contribution in [0.4, 0.5) is 0 Å². The molecule has 5 rings (SSSR count). The minimum Gasteiger partial charge on any atom is -0.376 e. The van der Waals surface area contributed by atoms with E-state index >= 15 is 0 Å². The fourth-order valence-corrected chi connectivity index (χ4v) is 4.75. The van der Waals surface area contributed by atoms with Gasteiger partial charge in [0.1, 0.15) is 0 Å². The van der Waals surface area contributed by atoms with Crippen LogP contribution in [0.1, 0.15) is 42.0 Å². The zero-order valence-corrected chi connectivity index (χ0v) is 17.5. The second-order valence-corrected chi connectivity index (χ2v) is 8.18. The number of hydrogen-bond acceptors (Lipinski definition) is 4. The van der Waals surface area contributed by atoms with E-state index in [2.05, 4.69) is 55.2 Å². The van der Waals surface area contributed by atoms with Crippen molar-refractivity contribution in [2.24, 2.45) is 0 Å². The Morgan fingerprint density at radius 1 is 1.07 bits per heavy atom.